The molecule has 17 heavy (non-hydrogen) atoms. The largest absolute Gasteiger partial charge is 0.308 e. The summed E-state index contributed by atoms with van der Waals surface area (Å²) in [5.41, 5.74) is 1.52. The summed E-state index contributed by atoms with van der Waals surface area (Å²) in [6, 6.07) is 0. The fraction of sp³-hybridized carbons (Fsp3) is 0.786. The number of nitrogens with zero attached hydrogens (tertiary/aromatic N) is 1. The van der Waals surface area contributed by atoms with E-state index in [9.17, 15) is 0 Å². The van der Waals surface area contributed by atoms with Crippen LogP contribution in [0, 0.1) is 5.92 Å². The van der Waals surface area contributed by atoms with Crippen molar-refractivity contribution in [1.82, 2.24) is 10.3 Å². The first kappa shape index (κ1) is 13.0. The van der Waals surface area contributed by atoms with Crippen LogP contribution in [0.2, 0.25) is 0 Å². The van der Waals surface area contributed by atoms with Crippen molar-refractivity contribution in [3.05, 3.63) is 16.1 Å². The van der Waals surface area contributed by atoms with Gasteiger partial charge in [0.1, 0.15) is 5.01 Å². The molecule has 0 amide bonds. The van der Waals surface area contributed by atoms with Crippen molar-refractivity contribution in [3.63, 3.8) is 0 Å². The average Bonchev–Trinajstić information content (AvgIpc) is 2.83. The number of hydrogen-bond donors (Lipinski definition) is 1. The quantitative estimate of drug-likeness (QED) is 0.868. The molecule has 2 unspecified atom stereocenters. The molecule has 0 bridgehead atoms. The molecule has 1 saturated carbocycles. The Bertz CT molecular complexity index is 391. The van der Waals surface area contributed by atoms with Gasteiger partial charge in [-0.25, -0.2) is 4.98 Å². The van der Waals surface area contributed by atoms with Gasteiger partial charge in [0.2, 0.25) is 0 Å². The lowest BCUT2D eigenvalue weighted by atomic mass is 9.88. The molecule has 96 valence electrons. The summed E-state index contributed by atoms with van der Waals surface area (Å²) >= 11 is 1.83. The second kappa shape index (κ2) is 4.36. The highest BCUT2D eigenvalue weighted by molar-refractivity contribution is 7.09. The summed E-state index contributed by atoms with van der Waals surface area (Å²) in [5, 5.41) is 7.08. The van der Waals surface area contributed by atoms with E-state index >= 15 is 0 Å². The van der Waals surface area contributed by atoms with Gasteiger partial charge < -0.3 is 5.32 Å². The third-order valence-corrected chi connectivity index (χ3v) is 5.17. The zero-order valence-corrected chi connectivity index (χ0v) is 12.4. The molecule has 1 aliphatic rings. The summed E-state index contributed by atoms with van der Waals surface area (Å²) in [7, 11) is 2.08. The normalized spacial score (nSPS) is 29.8. The standard InChI is InChI=1S/C14H24N2S/c1-10-7-6-8-14(10,15-5)12-16-11(9-17-12)13(2,3)4/h9-10,15H,6-8H2,1-5H3. The van der Waals surface area contributed by atoms with Gasteiger partial charge in [-0.3, -0.25) is 0 Å². The van der Waals surface area contributed by atoms with E-state index in [1.165, 1.54) is 30.0 Å². The van der Waals surface area contributed by atoms with Gasteiger partial charge in [-0.2, -0.15) is 0 Å². The van der Waals surface area contributed by atoms with Crippen LogP contribution in [0.1, 0.15) is 57.7 Å². The van der Waals surface area contributed by atoms with E-state index in [1.807, 2.05) is 11.3 Å². The average molecular weight is 252 g/mol. The lowest BCUT2D eigenvalue weighted by molar-refractivity contribution is 0.281. The van der Waals surface area contributed by atoms with Crippen LogP contribution in [-0.4, -0.2) is 12.0 Å². The van der Waals surface area contributed by atoms with Crippen molar-refractivity contribution >= 4 is 11.3 Å². The number of hydrogen-bond acceptors (Lipinski definition) is 3. The van der Waals surface area contributed by atoms with Gasteiger partial charge >= 0.3 is 0 Å². The lowest BCUT2D eigenvalue weighted by Gasteiger charge is -2.31. The summed E-state index contributed by atoms with van der Waals surface area (Å²) in [6.45, 7) is 9.05. The minimum atomic E-state index is 0.133. The van der Waals surface area contributed by atoms with Crippen LogP contribution < -0.4 is 5.32 Å². The number of thiazole rings is 1. The Balaban J connectivity index is 2.36. The maximum absolute atomic E-state index is 4.91. The Morgan fingerprint density at radius 2 is 2.18 bits per heavy atom. The highest BCUT2D eigenvalue weighted by Gasteiger charge is 2.43. The highest BCUT2D eigenvalue weighted by Crippen LogP contribution is 2.44. The van der Waals surface area contributed by atoms with Crippen molar-refractivity contribution in [2.24, 2.45) is 5.92 Å². The van der Waals surface area contributed by atoms with Crippen molar-refractivity contribution in [2.45, 2.75) is 57.9 Å². The molecule has 3 heteroatoms. The minimum absolute atomic E-state index is 0.133. The van der Waals surface area contributed by atoms with Crippen molar-refractivity contribution in [2.75, 3.05) is 7.05 Å². The second-order valence-corrected chi connectivity index (χ2v) is 7.16. The van der Waals surface area contributed by atoms with Crippen LogP contribution in [0.4, 0.5) is 0 Å². The van der Waals surface area contributed by atoms with Gasteiger partial charge in [-0.05, 0) is 25.8 Å². The predicted octanol–water partition coefficient (Wildman–Crippen LogP) is 3.68. The van der Waals surface area contributed by atoms with Gasteiger partial charge in [-0.15, -0.1) is 11.3 Å². The molecule has 0 saturated heterocycles. The van der Waals surface area contributed by atoms with Gasteiger partial charge in [-0.1, -0.05) is 34.1 Å². The van der Waals surface area contributed by atoms with E-state index in [0.717, 1.165) is 0 Å². The molecule has 1 aromatic rings. The van der Waals surface area contributed by atoms with Crippen molar-refractivity contribution in [3.8, 4) is 0 Å². The van der Waals surface area contributed by atoms with Crippen LogP contribution in [-0.2, 0) is 11.0 Å². The van der Waals surface area contributed by atoms with Crippen LogP contribution >= 0.6 is 11.3 Å². The first-order valence-corrected chi connectivity index (χ1v) is 7.43. The zero-order valence-electron chi connectivity index (χ0n) is 11.6. The minimum Gasteiger partial charge on any atom is -0.308 e. The van der Waals surface area contributed by atoms with Gasteiger partial charge in [0.25, 0.3) is 0 Å². The molecule has 0 aromatic carbocycles. The molecule has 2 nitrogen and oxygen atoms in total. The first-order valence-electron chi connectivity index (χ1n) is 6.55. The highest BCUT2D eigenvalue weighted by atomic mass is 32.1. The summed E-state index contributed by atoms with van der Waals surface area (Å²) in [6.07, 6.45) is 3.85. The number of aromatic nitrogens is 1. The summed E-state index contributed by atoms with van der Waals surface area (Å²) in [5.74, 6) is 0.687. The van der Waals surface area contributed by atoms with Crippen molar-refractivity contribution < 1.29 is 0 Å². The second-order valence-electron chi connectivity index (χ2n) is 6.30. The van der Waals surface area contributed by atoms with Crippen LogP contribution in [0.25, 0.3) is 0 Å². The van der Waals surface area contributed by atoms with Crippen LogP contribution in [0.5, 0.6) is 0 Å². The molecule has 1 fully saturated rings. The van der Waals surface area contributed by atoms with Gasteiger partial charge in [0.15, 0.2) is 0 Å². The SMILES string of the molecule is CNC1(c2nc(C(C)(C)C)cs2)CCCC1C. The summed E-state index contributed by atoms with van der Waals surface area (Å²) < 4.78 is 0. The Morgan fingerprint density at radius 3 is 2.59 bits per heavy atom. The van der Waals surface area contributed by atoms with E-state index in [1.54, 1.807) is 0 Å². The van der Waals surface area contributed by atoms with E-state index in [0.29, 0.717) is 5.92 Å². The van der Waals surface area contributed by atoms with Crippen LogP contribution in [0.15, 0.2) is 5.38 Å². The first-order chi connectivity index (χ1) is 7.90. The third-order valence-electron chi connectivity index (χ3n) is 4.15. The molecular weight excluding hydrogens is 228 g/mol. The van der Waals surface area contributed by atoms with Crippen LogP contribution in [0.3, 0.4) is 0 Å². The Hall–Kier alpha value is -0.410. The van der Waals surface area contributed by atoms with E-state index < -0.39 is 0 Å². The molecule has 0 aliphatic heterocycles. The Labute approximate surface area is 109 Å². The predicted molar refractivity (Wildman–Crippen MR) is 74.6 cm³/mol. The molecule has 0 spiro atoms. The van der Waals surface area contributed by atoms with Gasteiger partial charge in [0.05, 0.1) is 11.2 Å². The Kier molecular flexibility index (Phi) is 3.34. The number of rotatable bonds is 2. The number of nitrogens with one attached hydrogen (secondary N) is 1. The van der Waals surface area contributed by atoms with E-state index in [4.69, 9.17) is 4.98 Å². The zero-order chi connectivity index (χ0) is 12.7. The van der Waals surface area contributed by atoms with E-state index in [-0.39, 0.29) is 11.0 Å². The molecule has 1 N–H and O–H groups in total. The molecule has 1 heterocycles. The smallest absolute Gasteiger partial charge is 0.113 e. The fourth-order valence-electron chi connectivity index (χ4n) is 2.80. The van der Waals surface area contributed by atoms with E-state index in [2.05, 4.69) is 45.4 Å². The topological polar surface area (TPSA) is 24.9 Å². The maximum atomic E-state index is 4.91. The molecule has 2 rings (SSSR count). The molecular formula is C14H24N2S. The molecule has 1 aromatic heterocycles. The fourth-order valence-corrected chi connectivity index (χ4v) is 4.20. The molecule has 0 radical (unpaired) electrons. The summed E-state index contributed by atoms with van der Waals surface area (Å²) in [4.78, 5) is 4.91. The maximum Gasteiger partial charge on any atom is 0.113 e. The molecule has 1 aliphatic carbocycles. The Morgan fingerprint density at radius 1 is 1.47 bits per heavy atom. The monoisotopic (exact) mass is 252 g/mol. The van der Waals surface area contributed by atoms with Gasteiger partial charge in [0, 0.05) is 10.8 Å². The van der Waals surface area contributed by atoms with Crippen molar-refractivity contribution in [1.29, 1.82) is 0 Å². The third kappa shape index (κ3) is 2.15. The molecule has 2 atom stereocenters. The lowest BCUT2D eigenvalue weighted by Crippen LogP contribution is -2.42.